The van der Waals surface area contributed by atoms with E-state index in [4.69, 9.17) is 9.40 Å². The first-order chi connectivity index (χ1) is 28.2. The Morgan fingerprint density at radius 1 is 0.526 bits per heavy atom. The van der Waals surface area contributed by atoms with Crippen LogP contribution in [0.3, 0.4) is 0 Å². The second-order valence-corrected chi connectivity index (χ2v) is 16.0. The molecule has 1 aliphatic carbocycles. The van der Waals surface area contributed by atoms with Gasteiger partial charge in [0.15, 0.2) is 0 Å². The Bertz CT molecular complexity index is 3270. The second-order valence-electron chi connectivity index (χ2n) is 14.9. The molecule has 10 aromatic rings. The first kappa shape index (κ1) is 32.2. The highest BCUT2D eigenvalue weighted by molar-refractivity contribution is 7.25. The molecule has 6 aromatic carbocycles. The Hall–Kier alpha value is -7.08. The summed E-state index contributed by atoms with van der Waals surface area (Å²) in [6.45, 7) is 0. The van der Waals surface area contributed by atoms with Crippen LogP contribution >= 0.6 is 11.3 Å². The van der Waals surface area contributed by atoms with Crippen LogP contribution in [0.1, 0.15) is 17.0 Å². The molecular formula is C52H33N3OS. The largest absolute Gasteiger partial charge is 0.456 e. The third kappa shape index (κ3) is 5.20. The molecule has 0 saturated carbocycles. The maximum absolute atomic E-state index is 6.34. The monoisotopic (exact) mass is 747 g/mol. The Labute approximate surface area is 333 Å². The third-order valence-corrected chi connectivity index (χ3v) is 12.9. The third-order valence-electron chi connectivity index (χ3n) is 11.7. The van der Waals surface area contributed by atoms with Crippen molar-refractivity contribution in [3.8, 4) is 33.6 Å². The maximum atomic E-state index is 6.34. The number of thiophene rings is 1. The van der Waals surface area contributed by atoms with Crippen LogP contribution in [0.5, 0.6) is 0 Å². The van der Waals surface area contributed by atoms with Gasteiger partial charge in [-0.05, 0) is 119 Å². The minimum atomic E-state index is 0.119. The molecule has 0 amide bonds. The van der Waals surface area contributed by atoms with Crippen molar-refractivity contribution in [1.82, 2.24) is 9.97 Å². The lowest BCUT2D eigenvalue weighted by molar-refractivity contribution is 0.669. The van der Waals surface area contributed by atoms with Crippen LogP contribution in [0, 0.1) is 0 Å². The van der Waals surface area contributed by atoms with Crippen LogP contribution in [0.25, 0.3) is 81.3 Å². The van der Waals surface area contributed by atoms with E-state index in [-0.39, 0.29) is 12.0 Å². The number of fused-ring (bicyclic) bond motifs is 9. The van der Waals surface area contributed by atoms with Gasteiger partial charge in [-0.15, -0.1) is 11.3 Å². The van der Waals surface area contributed by atoms with E-state index in [9.17, 15) is 0 Å². The summed E-state index contributed by atoms with van der Waals surface area (Å²) < 4.78 is 8.98. The number of anilines is 2. The summed E-state index contributed by atoms with van der Waals surface area (Å²) >= 11 is 1.86. The number of hydrogen-bond donors (Lipinski definition) is 0. The zero-order chi connectivity index (χ0) is 37.5. The van der Waals surface area contributed by atoms with E-state index < -0.39 is 0 Å². The molecule has 0 bridgehead atoms. The number of furan rings is 1. The van der Waals surface area contributed by atoms with Gasteiger partial charge in [0.05, 0.1) is 17.4 Å². The summed E-state index contributed by atoms with van der Waals surface area (Å²) in [6.07, 6.45) is 10.9. The number of aromatic nitrogens is 2. The SMILES string of the molecule is C1=CC2C(C=C1c1ccccc1-c1ccccn1)c1cc(-c3ccc4oc5ccc(-c6ccccn6)cc5c4c3)ccc1N2c1ccc2sc3ccccc3c2c1. The molecule has 0 fully saturated rings. The average molecular weight is 748 g/mol. The average Bonchev–Trinajstić information content (AvgIpc) is 3.95. The molecule has 57 heavy (non-hydrogen) atoms. The Morgan fingerprint density at radius 2 is 1.21 bits per heavy atom. The smallest absolute Gasteiger partial charge is 0.135 e. The van der Waals surface area contributed by atoms with Gasteiger partial charge in [-0.3, -0.25) is 9.97 Å². The Balaban J connectivity index is 1.01. The lowest BCUT2D eigenvalue weighted by Crippen LogP contribution is -2.28. The van der Waals surface area contributed by atoms with Gasteiger partial charge in [0.1, 0.15) is 11.2 Å². The Morgan fingerprint density at radius 3 is 2.04 bits per heavy atom. The van der Waals surface area contributed by atoms with E-state index in [0.717, 1.165) is 50.0 Å². The normalized spacial score (nSPS) is 16.1. The first-order valence-electron chi connectivity index (χ1n) is 19.4. The fourth-order valence-corrected chi connectivity index (χ4v) is 10.1. The van der Waals surface area contributed by atoms with Crippen molar-refractivity contribution in [2.45, 2.75) is 12.0 Å². The zero-order valence-electron chi connectivity index (χ0n) is 30.7. The van der Waals surface area contributed by atoms with Gasteiger partial charge in [-0.2, -0.15) is 0 Å². The van der Waals surface area contributed by atoms with Gasteiger partial charge in [0, 0.05) is 71.8 Å². The van der Waals surface area contributed by atoms with E-state index in [1.165, 1.54) is 53.8 Å². The summed E-state index contributed by atoms with van der Waals surface area (Å²) in [5, 5.41) is 4.81. The molecule has 2 atom stereocenters. The van der Waals surface area contributed by atoms with Crippen LogP contribution in [0.4, 0.5) is 11.4 Å². The molecule has 0 spiro atoms. The second kappa shape index (κ2) is 12.7. The molecule has 12 rings (SSSR count). The van der Waals surface area contributed by atoms with Gasteiger partial charge < -0.3 is 9.32 Å². The number of hydrogen-bond acceptors (Lipinski definition) is 5. The summed E-state index contributed by atoms with van der Waals surface area (Å²) in [5.74, 6) is 0.131. The number of allylic oxidation sites excluding steroid dienone is 2. The molecule has 0 saturated heterocycles. The molecule has 2 aliphatic rings. The minimum Gasteiger partial charge on any atom is -0.456 e. The van der Waals surface area contributed by atoms with Gasteiger partial charge >= 0.3 is 0 Å². The zero-order valence-corrected chi connectivity index (χ0v) is 31.5. The fourth-order valence-electron chi connectivity index (χ4n) is 9.06. The van der Waals surface area contributed by atoms with Crippen molar-refractivity contribution in [3.05, 3.63) is 199 Å². The lowest BCUT2D eigenvalue weighted by Gasteiger charge is -2.30. The predicted molar refractivity (Wildman–Crippen MR) is 237 cm³/mol. The Kier molecular flexibility index (Phi) is 7.19. The van der Waals surface area contributed by atoms with Crippen LogP contribution in [-0.4, -0.2) is 16.0 Å². The molecule has 5 heterocycles. The van der Waals surface area contributed by atoms with Crippen LogP contribution in [0.15, 0.2) is 193 Å². The van der Waals surface area contributed by atoms with E-state index in [1.54, 1.807) is 0 Å². The quantitative estimate of drug-likeness (QED) is 0.176. The van der Waals surface area contributed by atoms with E-state index in [0.29, 0.717) is 0 Å². The molecule has 1 aliphatic heterocycles. The highest BCUT2D eigenvalue weighted by Gasteiger charge is 2.39. The van der Waals surface area contributed by atoms with Crippen molar-refractivity contribution in [3.63, 3.8) is 0 Å². The van der Waals surface area contributed by atoms with Crippen molar-refractivity contribution in [1.29, 1.82) is 0 Å². The number of rotatable bonds is 5. The van der Waals surface area contributed by atoms with E-state index >= 15 is 0 Å². The van der Waals surface area contributed by atoms with Crippen molar-refractivity contribution < 1.29 is 4.42 Å². The van der Waals surface area contributed by atoms with Crippen LogP contribution in [-0.2, 0) is 0 Å². The van der Waals surface area contributed by atoms with Crippen molar-refractivity contribution >= 4 is 70.4 Å². The molecule has 4 aromatic heterocycles. The van der Waals surface area contributed by atoms with Gasteiger partial charge in [0.25, 0.3) is 0 Å². The predicted octanol–water partition coefficient (Wildman–Crippen LogP) is 14.0. The highest BCUT2D eigenvalue weighted by Crippen LogP contribution is 2.52. The summed E-state index contributed by atoms with van der Waals surface area (Å²) in [7, 11) is 0. The van der Waals surface area contributed by atoms with Gasteiger partial charge in [0.2, 0.25) is 0 Å². The minimum absolute atomic E-state index is 0.119. The molecule has 4 nitrogen and oxygen atoms in total. The fraction of sp³-hybridized carbons (Fsp3) is 0.0385. The lowest BCUT2D eigenvalue weighted by atomic mass is 9.84. The molecule has 5 heteroatoms. The molecular weight excluding hydrogens is 715 g/mol. The standard InChI is InChI=1S/C52H33N3OS/c1-2-10-38(46-13-6-8-26-54-46)37(9-1)34-16-21-48-41(29-34)40-27-32(15-20-47(40)55(48)36-19-24-52-44(31-36)39-11-3-4-14-51(39)57-52)33-17-22-49-42(28-33)43-30-35(18-23-50(43)56-49)45-12-5-7-25-53-45/h1-31,41,48H. The molecule has 2 unspecified atom stereocenters. The summed E-state index contributed by atoms with van der Waals surface area (Å²) in [6, 6.07) is 56.7. The maximum Gasteiger partial charge on any atom is 0.135 e. The van der Waals surface area contributed by atoms with Crippen LogP contribution < -0.4 is 4.90 Å². The van der Waals surface area contributed by atoms with Gasteiger partial charge in [-0.25, -0.2) is 0 Å². The highest BCUT2D eigenvalue weighted by atomic mass is 32.1. The molecule has 268 valence electrons. The summed E-state index contributed by atoms with van der Waals surface area (Å²) in [5.41, 5.74) is 14.4. The number of benzene rings is 6. The number of nitrogens with zero attached hydrogens (tertiary/aromatic N) is 3. The first-order valence-corrected chi connectivity index (χ1v) is 20.2. The van der Waals surface area contributed by atoms with E-state index in [1.807, 2.05) is 48.0 Å². The topological polar surface area (TPSA) is 42.2 Å². The van der Waals surface area contributed by atoms with Gasteiger partial charge in [-0.1, -0.05) is 85.0 Å². The van der Waals surface area contributed by atoms with Crippen LogP contribution in [0.2, 0.25) is 0 Å². The molecule has 0 N–H and O–H groups in total. The van der Waals surface area contributed by atoms with Crippen molar-refractivity contribution in [2.24, 2.45) is 0 Å². The number of pyridine rings is 2. The van der Waals surface area contributed by atoms with Crippen molar-refractivity contribution in [2.75, 3.05) is 4.90 Å². The molecule has 0 radical (unpaired) electrons. The summed E-state index contributed by atoms with van der Waals surface area (Å²) in [4.78, 5) is 11.9. The van der Waals surface area contributed by atoms with E-state index in [2.05, 4.69) is 162 Å².